The molecule has 1 unspecified atom stereocenters. The third kappa shape index (κ3) is 7.13. The molecule has 0 spiro atoms. The Bertz CT molecular complexity index is 782. The SMILES string of the molecule is Cc1nnc(CN=C(NCC(C)COCc2ccccc2)NC2CCCCC2)n1C. The topological polar surface area (TPSA) is 76.4 Å². The van der Waals surface area contributed by atoms with E-state index in [0.29, 0.717) is 31.7 Å². The first-order valence-electron chi connectivity index (χ1n) is 11.1. The van der Waals surface area contributed by atoms with Crippen LogP contribution in [0.4, 0.5) is 0 Å². The van der Waals surface area contributed by atoms with Gasteiger partial charge >= 0.3 is 0 Å². The Morgan fingerprint density at radius 2 is 1.97 bits per heavy atom. The molecule has 164 valence electrons. The number of hydrogen-bond donors (Lipinski definition) is 2. The van der Waals surface area contributed by atoms with Crippen LogP contribution in [0, 0.1) is 12.8 Å². The van der Waals surface area contributed by atoms with Crippen molar-refractivity contribution in [1.29, 1.82) is 0 Å². The molecule has 1 fully saturated rings. The van der Waals surface area contributed by atoms with E-state index in [1.54, 1.807) is 0 Å². The lowest BCUT2D eigenvalue weighted by Gasteiger charge is -2.25. The quantitative estimate of drug-likeness (QED) is 0.488. The van der Waals surface area contributed by atoms with E-state index < -0.39 is 0 Å². The minimum Gasteiger partial charge on any atom is -0.376 e. The van der Waals surface area contributed by atoms with Crippen molar-refractivity contribution in [2.75, 3.05) is 13.2 Å². The fourth-order valence-electron chi connectivity index (χ4n) is 3.61. The van der Waals surface area contributed by atoms with Crippen LogP contribution in [0.2, 0.25) is 0 Å². The van der Waals surface area contributed by atoms with Gasteiger partial charge in [-0.3, -0.25) is 0 Å². The van der Waals surface area contributed by atoms with E-state index in [1.807, 2.05) is 36.7 Å². The van der Waals surface area contributed by atoms with Crippen molar-refractivity contribution in [3.63, 3.8) is 0 Å². The zero-order chi connectivity index (χ0) is 21.2. The van der Waals surface area contributed by atoms with Crippen LogP contribution < -0.4 is 10.6 Å². The van der Waals surface area contributed by atoms with E-state index in [2.05, 4.69) is 39.9 Å². The Kier molecular flexibility index (Phi) is 8.68. The molecule has 0 amide bonds. The number of aromatic nitrogens is 3. The number of rotatable bonds is 9. The minimum absolute atomic E-state index is 0.379. The number of hydrogen-bond acceptors (Lipinski definition) is 4. The molecule has 0 aliphatic heterocycles. The van der Waals surface area contributed by atoms with Gasteiger partial charge in [0.15, 0.2) is 11.8 Å². The van der Waals surface area contributed by atoms with Gasteiger partial charge in [0.05, 0.1) is 13.2 Å². The van der Waals surface area contributed by atoms with Gasteiger partial charge in [0.25, 0.3) is 0 Å². The molecule has 0 bridgehead atoms. The first-order valence-corrected chi connectivity index (χ1v) is 11.1. The summed E-state index contributed by atoms with van der Waals surface area (Å²) in [7, 11) is 1.98. The lowest BCUT2D eigenvalue weighted by molar-refractivity contribution is 0.0931. The van der Waals surface area contributed by atoms with E-state index in [4.69, 9.17) is 9.73 Å². The zero-order valence-corrected chi connectivity index (χ0v) is 18.6. The Labute approximate surface area is 180 Å². The van der Waals surface area contributed by atoms with Gasteiger partial charge in [-0.25, -0.2) is 4.99 Å². The molecule has 1 aromatic carbocycles. The van der Waals surface area contributed by atoms with E-state index in [0.717, 1.165) is 24.2 Å². The maximum atomic E-state index is 5.89. The maximum absolute atomic E-state index is 5.89. The third-order valence-electron chi connectivity index (χ3n) is 5.64. The van der Waals surface area contributed by atoms with Crippen molar-refractivity contribution in [2.24, 2.45) is 18.0 Å². The summed E-state index contributed by atoms with van der Waals surface area (Å²) in [4.78, 5) is 4.79. The van der Waals surface area contributed by atoms with Crippen molar-refractivity contribution >= 4 is 5.96 Å². The summed E-state index contributed by atoms with van der Waals surface area (Å²) < 4.78 is 7.88. The molecule has 3 rings (SSSR count). The van der Waals surface area contributed by atoms with Crippen LogP contribution in [-0.2, 0) is 24.9 Å². The fraction of sp³-hybridized carbons (Fsp3) is 0.609. The fourth-order valence-corrected chi connectivity index (χ4v) is 3.61. The van der Waals surface area contributed by atoms with Crippen molar-refractivity contribution in [3.8, 4) is 0 Å². The molecule has 1 atom stereocenters. The van der Waals surface area contributed by atoms with Crippen LogP contribution in [0.15, 0.2) is 35.3 Å². The molecule has 1 aromatic heterocycles. The highest BCUT2D eigenvalue weighted by Gasteiger charge is 2.15. The molecular formula is C23H36N6O. The molecule has 2 aromatic rings. The van der Waals surface area contributed by atoms with Gasteiger partial charge in [0.1, 0.15) is 12.4 Å². The molecule has 1 heterocycles. The molecule has 0 radical (unpaired) electrons. The summed E-state index contributed by atoms with van der Waals surface area (Å²) >= 11 is 0. The molecule has 1 saturated carbocycles. The highest BCUT2D eigenvalue weighted by atomic mass is 16.5. The number of aryl methyl sites for hydroxylation is 1. The summed E-state index contributed by atoms with van der Waals surface area (Å²) in [6.07, 6.45) is 6.33. The van der Waals surface area contributed by atoms with E-state index in [-0.39, 0.29) is 0 Å². The number of nitrogens with zero attached hydrogens (tertiary/aromatic N) is 4. The second kappa shape index (κ2) is 11.7. The van der Waals surface area contributed by atoms with E-state index in [1.165, 1.54) is 37.7 Å². The Morgan fingerprint density at radius 1 is 1.20 bits per heavy atom. The maximum Gasteiger partial charge on any atom is 0.191 e. The summed E-state index contributed by atoms with van der Waals surface area (Å²) in [5.41, 5.74) is 1.21. The van der Waals surface area contributed by atoms with E-state index >= 15 is 0 Å². The van der Waals surface area contributed by atoms with E-state index in [9.17, 15) is 0 Å². The number of aliphatic imine (C=N–C) groups is 1. The standard InChI is InChI=1S/C23H36N6O/c1-18(16-30-17-20-10-6-4-7-11-20)14-24-23(26-21-12-8-5-9-13-21)25-15-22-28-27-19(2)29(22)3/h4,6-7,10-11,18,21H,5,8-9,12-17H2,1-3H3,(H2,24,25,26). The molecule has 30 heavy (non-hydrogen) atoms. The molecule has 2 N–H and O–H groups in total. The van der Waals surface area contributed by atoms with Crippen molar-refractivity contribution in [3.05, 3.63) is 47.5 Å². The highest BCUT2D eigenvalue weighted by molar-refractivity contribution is 5.80. The zero-order valence-electron chi connectivity index (χ0n) is 18.6. The lowest BCUT2D eigenvalue weighted by atomic mass is 9.96. The van der Waals surface area contributed by atoms with Gasteiger partial charge in [-0.2, -0.15) is 0 Å². The first-order chi connectivity index (χ1) is 14.6. The van der Waals surface area contributed by atoms with Gasteiger partial charge in [-0.1, -0.05) is 56.5 Å². The predicted molar refractivity (Wildman–Crippen MR) is 120 cm³/mol. The second-order valence-corrected chi connectivity index (χ2v) is 8.35. The minimum atomic E-state index is 0.379. The number of ether oxygens (including phenoxy) is 1. The average molecular weight is 413 g/mol. The van der Waals surface area contributed by atoms with Gasteiger partial charge < -0.3 is 19.9 Å². The summed E-state index contributed by atoms with van der Waals surface area (Å²) in [5.74, 6) is 3.01. The molecular weight excluding hydrogens is 376 g/mol. The lowest BCUT2D eigenvalue weighted by Crippen LogP contribution is -2.45. The first kappa shape index (κ1) is 22.3. The van der Waals surface area contributed by atoms with Gasteiger partial charge in [-0.05, 0) is 31.2 Å². The normalized spacial score (nSPS) is 16.4. The molecule has 1 aliphatic rings. The smallest absolute Gasteiger partial charge is 0.191 e. The summed E-state index contributed by atoms with van der Waals surface area (Å²) in [6.45, 7) is 6.83. The summed E-state index contributed by atoms with van der Waals surface area (Å²) in [5, 5.41) is 15.5. The predicted octanol–water partition coefficient (Wildman–Crippen LogP) is 3.34. The van der Waals surface area contributed by atoms with Crippen LogP contribution in [0.1, 0.15) is 56.2 Å². The Balaban J connectivity index is 1.50. The van der Waals surface area contributed by atoms with Crippen LogP contribution >= 0.6 is 0 Å². The number of guanidine groups is 1. The molecule has 1 aliphatic carbocycles. The Morgan fingerprint density at radius 3 is 2.67 bits per heavy atom. The molecule has 7 heteroatoms. The van der Waals surface area contributed by atoms with Crippen molar-refractivity contribution in [1.82, 2.24) is 25.4 Å². The third-order valence-corrected chi connectivity index (χ3v) is 5.64. The second-order valence-electron chi connectivity index (χ2n) is 8.35. The van der Waals surface area contributed by atoms with Crippen LogP contribution in [-0.4, -0.2) is 39.9 Å². The van der Waals surface area contributed by atoms with Crippen molar-refractivity contribution < 1.29 is 4.74 Å². The van der Waals surface area contributed by atoms with Gasteiger partial charge in [-0.15, -0.1) is 10.2 Å². The average Bonchev–Trinajstić information content (AvgIpc) is 3.09. The molecule has 7 nitrogen and oxygen atoms in total. The number of benzene rings is 1. The summed E-state index contributed by atoms with van der Waals surface area (Å²) in [6, 6.07) is 10.8. The number of nitrogens with one attached hydrogen (secondary N) is 2. The van der Waals surface area contributed by atoms with Crippen LogP contribution in [0.5, 0.6) is 0 Å². The van der Waals surface area contributed by atoms with Gasteiger partial charge in [0, 0.05) is 19.6 Å². The van der Waals surface area contributed by atoms with Gasteiger partial charge in [0.2, 0.25) is 0 Å². The monoisotopic (exact) mass is 412 g/mol. The molecule has 0 saturated heterocycles. The largest absolute Gasteiger partial charge is 0.376 e. The van der Waals surface area contributed by atoms with Crippen LogP contribution in [0.25, 0.3) is 0 Å². The van der Waals surface area contributed by atoms with Crippen molar-refractivity contribution in [2.45, 2.75) is 65.1 Å². The Hall–Kier alpha value is -2.41. The highest BCUT2D eigenvalue weighted by Crippen LogP contribution is 2.17. The van der Waals surface area contributed by atoms with Crippen LogP contribution in [0.3, 0.4) is 0 Å².